The number of rotatable bonds is 10. The highest BCUT2D eigenvalue weighted by atomic mass is 32.2. The van der Waals surface area contributed by atoms with E-state index < -0.39 is 22.0 Å². The molecule has 1 aliphatic heterocycles. The molecule has 10 heteroatoms. The number of piperidine rings is 1. The maximum absolute atomic E-state index is 13.8. The first-order chi connectivity index (χ1) is 19.2. The second-order valence-corrected chi connectivity index (χ2v) is 11.3. The van der Waals surface area contributed by atoms with Crippen LogP contribution in [0, 0.1) is 5.92 Å². The van der Waals surface area contributed by atoms with E-state index in [4.69, 9.17) is 9.47 Å². The number of benzene rings is 3. The molecule has 3 aromatic carbocycles. The number of anilines is 2. The zero-order valence-corrected chi connectivity index (χ0v) is 23.7. The highest BCUT2D eigenvalue weighted by Crippen LogP contribution is 2.33. The van der Waals surface area contributed by atoms with Crippen LogP contribution in [0.2, 0.25) is 0 Å². The molecule has 0 spiro atoms. The molecule has 0 saturated carbocycles. The minimum absolute atomic E-state index is 0.0117. The van der Waals surface area contributed by atoms with Crippen molar-refractivity contribution >= 4 is 33.3 Å². The highest BCUT2D eigenvalue weighted by Gasteiger charge is 2.31. The molecule has 4 rings (SSSR count). The number of hydrogen-bond acceptors (Lipinski definition) is 7. The van der Waals surface area contributed by atoms with E-state index in [0.717, 1.165) is 5.56 Å². The molecule has 1 aliphatic rings. The van der Waals surface area contributed by atoms with Crippen molar-refractivity contribution in [2.24, 2.45) is 5.92 Å². The lowest BCUT2D eigenvalue weighted by Gasteiger charge is -2.34. The standard InChI is InChI=1S/C30H35N3O6S/c1-4-39-30(35)23-13-10-18-33(20-23)26-17-16-24(31-29(34)25-14-8-9-15-27(25)38-3)19-28(26)40(36,37)32-21(2)22-11-6-5-7-12-22/h5-9,11-12,14-17,19,21,23,32H,4,10,13,18,20H2,1-3H3,(H,31,34)/t21-,23+/m1/s1. The molecule has 1 fully saturated rings. The zero-order valence-electron chi connectivity index (χ0n) is 22.9. The Morgan fingerprint density at radius 1 is 1.05 bits per heavy atom. The van der Waals surface area contributed by atoms with Crippen molar-refractivity contribution in [2.75, 3.05) is 37.0 Å². The van der Waals surface area contributed by atoms with Crippen molar-refractivity contribution < 1.29 is 27.5 Å². The molecule has 3 aromatic rings. The van der Waals surface area contributed by atoms with Crippen molar-refractivity contribution in [3.8, 4) is 5.75 Å². The van der Waals surface area contributed by atoms with Crippen LogP contribution in [0.15, 0.2) is 77.7 Å². The van der Waals surface area contributed by atoms with Crippen LogP contribution in [0.4, 0.5) is 11.4 Å². The summed E-state index contributed by atoms with van der Waals surface area (Å²) in [6, 6.07) is 20.4. The van der Waals surface area contributed by atoms with Gasteiger partial charge in [0.05, 0.1) is 30.9 Å². The summed E-state index contributed by atoms with van der Waals surface area (Å²) in [5.41, 5.74) is 1.90. The number of hydrogen-bond donors (Lipinski definition) is 2. The summed E-state index contributed by atoms with van der Waals surface area (Å²) >= 11 is 0. The molecule has 9 nitrogen and oxygen atoms in total. The van der Waals surface area contributed by atoms with E-state index in [-0.39, 0.29) is 23.4 Å². The minimum Gasteiger partial charge on any atom is -0.496 e. The third-order valence-electron chi connectivity index (χ3n) is 6.87. The van der Waals surface area contributed by atoms with E-state index in [0.29, 0.717) is 48.6 Å². The summed E-state index contributed by atoms with van der Waals surface area (Å²) in [4.78, 5) is 27.5. The van der Waals surface area contributed by atoms with Gasteiger partial charge in [0.2, 0.25) is 10.0 Å². The second-order valence-electron chi connectivity index (χ2n) is 9.63. The summed E-state index contributed by atoms with van der Waals surface area (Å²) in [5.74, 6) is -0.667. The van der Waals surface area contributed by atoms with Crippen LogP contribution in [0.3, 0.4) is 0 Å². The second kappa shape index (κ2) is 13.0. The molecule has 1 amide bonds. The number of esters is 1. The molecule has 0 unspecified atom stereocenters. The summed E-state index contributed by atoms with van der Waals surface area (Å²) in [6.45, 7) is 4.75. The van der Waals surface area contributed by atoms with E-state index in [2.05, 4.69) is 10.0 Å². The maximum atomic E-state index is 13.8. The van der Waals surface area contributed by atoms with Crippen LogP contribution in [0.1, 0.15) is 48.7 Å². The number of amides is 1. The average Bonchev–Trinajstić information content (AvgIpc) is 2.97. The van der Waals surface area contributed by atoms with Crippen LogP contribution < -0.4 is 19.7 Å². The molecule has 0 bridgehead atoms. The van der Waals surface area contributed by atoms with Gasteiger partial charge in [0, 0.05) is 24.8 Å². The SMILES string of the molecule is CCOC(=O)[C@H]1CCCN(c2ccc(NC(=O)c3ccccc3OC)cc2S(=O)(=O)N[C@H](C)c2ccccc2)C1. The molecule has 0 aliphatic carbocycles. The van der Waals surface area contributed by atoms with Gasteiger partial charge in [-0.05, 0) is 62.6 Å². The first-order valence-corrected chi connectivity index (χ1v) is 14.8. The van der Waals surface area contributed by atoms with Gasteiger partial charge in [-0.2, -0.15) is 0 Å². The van der Waals surface area contributed by atoms with Crippen molar-refractivity contribution in [3.63, 3.8) is 0 Å². The molecule has 0 radical (unpaired) electrons. The smallest absolute Gasteiger partial charge is 0.310 e. The number of nitrogens with one attached hydrogen (secondary N) is 2. The summed E-state index contributed by atoms with van der Waals surface area (Å²) in [5, 5.41) is 2.80. The fourth-order valence-electron chi connectivity index (χ4n) is 4.85. The van der Waals surface area contributed by atoms with Gasteiger partial charge >= 0.3 is 5.97 Å². The fraction of sp³-hybridized carbons (Fsp3) is 0.333. The van der Waals surface area contributed by atoms with Gasteiger partial charge in [-0.15, -0.1) is 0 Å². The normalized spacial score (nSPS) is 16.2. The van der Waals surface area contributed by atoms with Crippen molar-refractivity contribution in [1.82, 2.24) is 4.72 Å². The monoisotopic (exact) mass is 565 g/mol. The van der Waals surface area contributed by atoms with Crippen molar-refractivity contribution in [2.45, 2.75) is 37.6 Å². The number of nitrogens with zero attached hydrogens (tertiary/aromatic N) is 1. The number of carbonyl (C=O) groups is 2. The van der Waals surface area contributed by atoms with Gasteiger partial charge in [-0.1, -0.05) is 42.5 Å². The van der Waals surface area contributed by atoms with Gasteiger partial charge in [0.1, 0.15) is 10.6 Å². The van der Waals surface area contributed by atoms with Crippen LogP contribution in [-0.4, -0.2) is 47.1 Å². The summed E-state index contributed by atoms with van der Waals surface area (Å²) < 4.78 is 41.0. The van der Waals surface area contributed by atoms with Gasteiger partial charge in [-0.25, -0.2) is 13.1 Å². The van der Waals surface area contributed by atoms with Crippen LogP contribution in [0.25, 0.3) is 0 Å². The van der Waals surface area contributed by atoms with Gasteiger partial charge in [0.25, 0.3) is 5.91 Å². The molecule has 40 heavy (non-hydrogen) atoms. The molecule has 2 N–H and O–H groups in total. The van der Waals surface area contributed by atoms with E-state index in [1.807, 2.05) is 35.2 Å². The van der Waals surface area contributed by atoms with Crippen molar-refractivity contribution in [3.05, 3.63) is 83.9 Å². The summed E-state index contributed by atoms with van der Waals surface area (Å²) in [6.07, 6.45) is 1.39. The van der Waals surface area contributed by atoms with Crippen molar-refractivity contribution in [1.29, 1.82) is 0 Å². The molecular weight excluding hydrogens is 530 g/mol. The lowest BCUT2D eigenvalue weighted by Crippen LogP contribution is -2.40. The van der Waals surface area contributed by atoms with Crippen LogP contribution in [0.5, 0.6) is 5.75 Å². The van der Waals surface area contributed by atoms with Gasteiger partial charge in [-0.3, -0.25) is 9.59 Å². The third kappa shape index (κ3) is 6.81. The lowest BCUT2D eigenvalue weighted by atomic mass is 9.97. The number of methoxy groups -OCH3 is 1. The highest BCUT2D eigenvalue weighted by molar-refractivity contribution is 7.89. The third-order valence-corrected chi connectivity index (χ3v) is 8.44. The predicted octanol–water partition coefficient (Wildman–Crippen LogP) is 4.77. The lowest BCUT2D eigenvalue weighted by molar-refractivity contribution is -0.148. The van der Waals surface area contributed by atoms with E-state index in [1.54, 1.807) is 50.2 Å². The Labute approximate surface area is 235 Å². The average molecular weight is 566 g/mol. The molecular formula is C30H35N3O6S. The Morgan fingerprint density at radius 2 is 1.77 bits per heavy atom. The Balaban J connectivity index is 1.69. The first-order valence-electron chi connectivity index (χ1n) is 13.3. The van der Waals surface area contributed by atoms with Crippen LogP contribution in [-0.2, 0) is 19.6 Å². The van der Waals surface area contributed by atoms with Gasteiger partial charge < -0.3 is 19.7 Å². The topological polar surface area (TPSA) is 114 Å². The Morgan fingerprint density at radius 3 is 2.50 bits per heavy atom. The quantitative estimate of drug-likeness (QED) is 0.341. The molecule has 1 saturated heterocycles. The Hall–Kier alpha value is -3.89. The van der Waals surface area contributed by atoms with E-state index in [9.17, 15) is 18.0 Å². The largest absolute Gasteiger partial charge is 0.496 e. The molecule has 0 aromatic heterocycles. The number of sulfonamides is 1. The number of ether oxygens (including phenoxy) is 2. The van der Waals surface area contributed by atoms with E-state index in [1.165, 1.54) is 13.2 Å². The Bertz CT molecular complexity index is 1440. The minimum atomic E-state index is -4.06. The molecule has 2 atom stereocenters. The van der Waals surface area contributed by atoms with Crippen LogP contribution >= 0.6 is 0 Å². The first kappa shape index (κ1) is 29.1. The fourth-order valence-corrected chi connectivity index (χ4v) is 6.34. The molecule has 1 heterocycles. The predicted molar refractivity (Wildman–Crippen MR) is 154 cm³/mol. The Kier molecular flexibility index (Phi) is 9.44. The van der Waals surface area contributed by atoms with Gasteiger partial charge in [0.15, 0.2) is 0 Å². The van der Waals surface area contributed by atoms with E-state index >= 15 is 0 Å². The summed E-state index contributed by atoms with van der Waals surface area (Å²) in [7, 11) is -2.58. The number of para-hydroxylation sites is 1. The number of carbonyl (C=O) groups excluding carboxylic acids is 2. The molecule has 212 valence electrons. The zero-order chi connectivity index (χ0) is 28.7. The maximum Gasteiger partial charge on any atom is 0.310 e.